The summed E-state index contributed by atoms with van der Waals surface area (Å²) < 4.78 is 15.9. The van der Waals surface area contributed by atoms with Crippen LogP contribution in [0.5, 0.6) is 0 Å². The summed E-state index contributed by atoms with van der Waals surface area (Å²) in [5, 5.41) is 23.8. The number of carbonyl (C=O) groups is 3. The highest BCUT2D eigenvalue weighted by Crippen LogP contribution is 2.48. The van der Waals surface area contributed by atoms with Crippen LogP contribution >= 0.6 is 23.2 Å². The molecule has 268 valence electrons. The minimum atomic E-state index is -1.43. The second kappa shape index (κ2) is 12.8. The van der Waals surface area contributed by atoms with Crippen LogP contribution in [-0.4, -0.2) is 42.8 Å². The lowest BCUT2D eigenvalue weighted by molar-refractivity contribution is -0.125. The Balaban J connectivity index is 1.06. The predicted octanol–water partition coefficient (Wildman–Crippen LogP) is 6.23. The standard InChI is InChI=1S/C39H28Cl2FN9O3/c1-37(16-22-2-4-23(17-43)5-3-22)35(54)50(27-14-28(40)32(42)29(41)15-27)36-47-21-30(51(36)37)33(52)48-39(12-13-39)34(53)49-38(10-11-38)31-9-7-25(20-46-31)24-6-8-26(18-44)45-19-24/h2-9,14-15,19-21H,10-13,16H2,1H3,(H,48,52)(H,49,53)/t37-/m1/s1. The molecule has 0 saturated heterocycles. The van der Waals surface area contributed by atoms with Gasteiger partial charge in [-0.05, 0) is 80.6 Å². The first-order valence-corrected chi connectivity index (χ1v) is 17.7. The zero-order chi connectivity index (χ0) is 38.0. The van der Waals surface area contributed by atoms with E-state index in [1.54, 1.807) is 55.7 Å². The van der Waals surface area contributed by atoms with Gasteiger partial charge < -0.3 is 10.6 Å². The lowest BCUT2D eigenvalue weighted by Crippen LogP contribution is -2.52. The Hall–Kier alpha value is -6.15. The molecule has 5 aromatic rings. The van der Waals surface area contributed by atoms with Crippen LogP contribution in [0.15, 0.2) is 79.3 Å². The minimum Gasteiger partial charge on any atom is -0.343 e. The highest BCUT2D eigenvalue weighted by atomic mass is 35.5. The third-order valence-corrected chi connectivity index (χ3v) is 10.8. The summed E-state index contributed by atoms with van der Waals surface area (Å²) in [6.45, 7) is 1.66. The van der Waals surface area contributed by atoms with Gasteiger partial charge in [0.1, 0.15) is 28.5 Å². The zero-order valence-electron chi connectivity index (χ0n) is 28.5. The predicted molar refractivity (Wildman–Crippen MR) is 195 cm³/mol. The lowest BCUT2D eigenvalue weighted by Gasteiger charge is -2.27. The number of anilines is 2. The number of nitrogens with one attached hydrogen (secondary N) is 2. The third-order valence-electron chi connectivity index (χ3n) is 10.3. The van der Waals surface area contributed by atoms with E-state index in [0.717, 1.165) is 11.1 Å². The molecule has 2 aliphatic carbocycles. The molecule has 0 radical (unpaired) electrons. The SMILES string of the molecule is C[C@@]1(Cc2ccc(C#N)cc2)C(=O)N(c2cc(Cl)c(F)c(Cl)c2)c2ncc(C(=O)NC3(C(=O)NC4(c5ccc(-c6ccc(C#N)nc6)cn5)CC4)CC3)n21. The maximum absolute atomic E-state index is 14.4. The molecule has 3 aliphatic rings. The van der Waals surface area contributed by atoms with Gasteiger partial charge in [0, 0.05) is 29.9 Å². The van der Waals surface area contributed by atoms with Gasteiger partial charge in [0.25, 0.3) is 11.8 Å². The summed E-state index contributed by atoms with van der Waals surface area (Å²) in [5.74, 6) is -2.19. The molecule has 2 N–H and O–H groups in total. The Morgan fingerprint density at radius 1 is 0.870 bits per heavy atom. The van der Waals surface area contributed by atoms with Gasteiger partial charge >= 0.3 is 0 Å². The number of amides is 3. The smallest absolute Gasteiger partial charge is 0.270 e. The van der Waals surface area contributed by atoms with E-state index < -0.39 is 34.2 Å². The number of fused-ring (bicyclic) bond motifs is 1. The van der Waals surface area contributed by atoms with Crippen LogP contribution in [-0.2, 0) is 27.1 Å². The van der Waals surface area contributed by atoms with Crippen molar-refractivity contribution in [1.29, 1.82) is 10.5 Å². The molecule has 1 atom stereocenters. The van der Waals surface area contributed by atoms with E-state index in [4.69, 9.17) is 28.5 Å². The van der Waals surface area contributed by atoms with E-state index in [2.05, 4.69) is 31.7 Å². The monoisotopic (exact) mass is 759 g/mol. The summed E-state index contributed by atoms with van der Waals surface area (Å²) >= 11 is 12.3. The average molecular weight is 761 g/mol. The van der Waals surface area contributed by atoms with Crippen LogP contribution in [0.4, 0.5) is 16.0 Å². The van der Waals surface area contributed by atoms with E-state index in [-0.39, 0.29) is 39.7 Å². The molecule has 0 spiro atoms. The molecule has 0 bridgehead atoms. The van der Waals surface area contributed by atoms with Crippen LogP contribution in [0.3, 0.4) is 0 Å². The molecule has 2 fully saturated rings. The van der Waals surface area contributed by atoms with Crippen molar-refractivity contribution in [1.82, 2.24) is 30.2 Å². The molecule has 3 aromatic heterocycles. The fourth-order valence-electron chi connectivity index (χ4n) is 6.93. The van der Waals surface area contributed by atoms with Crippen molar-refractivity contribution in [2.75, 3.05) is 4.90 Å². The molecule has 15 heteroatoms. The number of carbonyl (C=O) groups excluding carboxylic acids is 3. The van der Waals surface area contributed by atoms with E-state index >= 15 is 0 Å². The van der Waals surface area contributed by atoms with Crippen LogP contribution in [0.1, 0.15) is 65.6 Å². The van der Waals surface area contributed by atoms with Crippen molar-refractivity contribution in [3.8, 4) is 23.3 Å². The Kier molecular flexibility index (Phi) is 8.25. The quantitative estimate of drug-likeness (QED) is 0.167. The van der Waals surface area contributed by atoms with Crippen molar-refractivity contribution in [3.05, 3.63) is 123 Å². The highest BCUT2D eigenvalue weighted by molar-refractivity contribution is 6.35. The summed E-state index contributed by atoms with van der Waals surface area (Å²) in [6, 6.07) is 20.5. The second-order valence-electron chi connectivity index (χ2n) is 14.0. The Bertz CT molecular complexity index is 2440. The van der Waals surface area contributed by atoms with E-state index in [9.17, 15) is 24.0 Å². The number of hydrogen-bond acceptors (Lipinski definition) is 8. The van der Waals surface area contributed by atoms with Gasteiger partial charge in [-0.15, -0.1) is 0 Å². The molecule has 3 amide bonds. The fraction of sp³-hybridized carbons (Fsp3) is 0.231. The lowest BCUT2D eigenvalue weighted by atomic mass is 9.91. The number of aromatic nitrogens is 4. The number of benzene rings is 2. The zero-order valence-corrected chi connectivity index (χ0v) is 30.0. The normalized spacial score (nSPS) is 18.6. The minimum absolute atomic E-state index is 0.0334. The molecule has 8 rings (SSSR count). The number of nitrogens with zero attached hydrogens (tertiary/aromatic N) is 7. The summed E-state index contributed by atoms with van der Waals surface area (Å²) in [5.41, 5.74) is 0.659. The van der Waals surface area contributed by atoms with Gasteiger partial charge in [-0.3, -0.25) is 23.9 Å². The number of halogens is 3. The largest absolute Gasteiger partial charge is 0.343 e. The molecule has 4 heterocycles. The molecular formula is C39H28Cl2FN9O3. The Morgan fingerprint density at radius 2 is 1.54 bits per heavy atom. The van der Waals surface area contributed by atoms with Gasteiger partial charge in [0.15, 0.2) is 5.82 Å². The van der Waals surface area contributed by atoms with Crippen molar-refractivity contribution in [2.45, 2.75) is 55.6 Å². The van der Waals surface area contributed by atoms with Crippen molar-refractivity contribution in [3.63, 3.8) is 0 Å². The van der Waals surface area contributed by atoms with Gasteiger partial charge in [-0.2, -0.15) is 10.5 Å². The van der Waals surface area contributed by atoms with Gasteiger partial charge in [0.05, 0.1) is 44.8 Å². The second-order valence-corrected chi connectivity index (χ2v) is 14.8. The highest BCUT2D eigenvalue weighted by Gasteiger charge is 2.57. The van der Waals surface area contributed by atoms with Gasteiger partial charge in [-0.25, -0.2) is 19.3 Å². The van der Waals surface area contributed by atoms with Gasteiger partial charge in [-0.1, -0.05) is 41.4 Å². The maximum atomic E-state index is 14.4. The molecule has 2 aromatic carbocycles. The Labute approximate surface area is 318 Å². The van der Waals surface area contributed by atoms with E-state index in [1.165, 1.54) is 27.8 Å². The van der Waals surface area contributed by atoms with E-state index in [1.807, 2.05) is 18.2 Å². The number of pyridine rings is 2. The molecule has 1 aliphatic heterocycles. The summed E-state index contributed by atoms with van der Waals surface area (Å²) in [4.78, 5) is 56.9. The summed E-state index contributed by atoms with van der Waals surface area (Å²) in [6.07, 6.45) is 6.89. The third kappa shape index (κ3) is 5.82. The topological polar surface area (TPSA) is 170 Å². The first kappa shape index (κ1) is 34.9. The molecule has 0 unspecified atom stereocenters. The first-order chi connectivity index (χ1) is 25.9. The van der Waals surface area contributed by atoms with Crippen molar-refractivity contribution < 1.29 is 18.8 Å². The number of imidazole rings is 1. The number of rotatable bonds is 9. The Morgan fingerprint density at radius 3 is 2.09 bits per heavy atom. The van der Waals surface area contributed by atoms with Crippen LogP contribution in [0.25, 0.3) is 11.1 Å². The van der Waals surface area contributed by atoms with E-state index in [0.29, 0.717) is 48.2 Å². The molecule has 54 heavy (non-hydrogen) atoms. The molecule has 12 nitrogen and oxygen atoms in total. The summed E-state index contributed by atoms with van der Waals surface area (Å²) in [7, 11) is 0. The van der Waals surface area contributed by atoms with Crippen LogP contribution < -0.4 is 15.5 Å². The van der Waals surface area contributed by atoms with Crippen molar-refractivity contribution in [2.24, 2.45) is 0 Å². The maximum Gasteiger partial charge on any atom is 0.270 e. The molecular weight excluding hydrogens is 732 g/mol. The fourth-order valence-corrected chi connectivity index (χ4v) is 7.40. The average Bonchev–Trinajstić information content (AvgIpc) is 4.09. The number of hydrogen-bond donors (Lipinski definition) is 2. The van der Waals surface area contributed by atoms with Crippen molar-refractivity contribution >= 4 is 52.6 Å². The van der Waals surface area contributed by atoms with Crippen LogP contribution in [0, 0.1) is 28.5 Å². The van der Waals surface area contributed by atoms with Gasteiger partial charge in [0.2, 0.25) is 11.9 Å². The molecule has 2 saturated carbocycles. The van der Waals surface area contributed by atoms with Crippen LogP contribution in [0.2, 0.25) is 10.0 Å². The number of nitriles is 2. The first-order valence-electron chi connectivity index (χ1n) is 16.9.